The molecule has 2 atom stereocenters. The van der Waals surface area contributed by atoms with E-state index in [0.29, 0.717) is 6.42 Å². The number of hydrogen-bond acceptors (Lipinski definition) is 6. The highest BCUT2D eigenvalue weighted by Gasteiger charge is 2.42. The number of thioether (sulfide) groups is 1. The van der Waals surface area contributed by atoms with Crippen molar-refractivity contribution in [2.45, 2.75) is 31.1 Å². The van der Waals surface area contributed by atoms with Gasteiger partial charge in [-0.1, -0.05) is 43.0 Å². The highest BCUT2D eigenvalue weighted by Crippen LogP contribution is 2.34. The number of fused-ring (bicyclic) bond motifs is 1. The van der Waals surface area contributed by atoms with Gasteiger partial charge >= 0.3 is 0 Å². The Kier molecular flexibility index (Phi) is 5.65. The van der Waals surface area contributed by atoms with E-state index in [1.54, 1.807) is 0 Å². The number of carbonyl (C=O) groups is 1. The molecule has 0 bridgehead atoms. The first-order valence-corrected chi connectivity index (χ1v) is 12.3. The molecule has 2 heterocycles. The molecule has 0 saturated carbocycles. The van der Waals surface area contributed by atoms with Gasteiger partial charge in [0.15, 0.2) is 15.0 Å². The highest BCUT2D eigenvalue weighted by molar-refractivity contribution is 8.15. The minimum Gasteiger partial charge on any atom is -0.335 e. The fourth-order valence-corrected chi connectivity index (χ4v) is 7.14. The Bertz CT molecular complexity index is 1030. The van der Waals surface area contributed by atoms with E-state index in [2.05, 4.69) is 22.5 Å². The van der Waals surface area contributed by atoms with Crippen LogP contribution in [0.3, 0.4) is 0 Å². The Hall–Kier alpha value is -2.32. The van der Waals surface area contributed by atoms with Crippen molar-refractivity contribution in [2.24, 2.45) is 4.99 Å². The van der Waals surface area contributed by atoms with Gasteiger partial charge in [-0.25, -0.2) is 8.42 Å². The van der Waals surface area contributed by atoms with E-state index in [4.69, 9.17) is 0 Å². The molecule has 2 aromatic carbocycles. The van der Waals surface area contributed by atoms with Crippen LogP contribution in [0, 0.1) is 0 Å². The van der Waals surface area contributed by atoms with Crippen LogP contribution in [0.15, 0.2) is 53.5 Å². The summed E-state index contributed by atoms with van der Waals surface area (Å²) in [4.78, 5) is 16.8. The van der Waals surface area contributed by atoms with Gasteiger partial charge in [-0.3, -0.25) is 9.79 Å². The van der Waals surface area contributed by atoms with E-state index in [0.717, 1.165) is 28.5 Å². The summed E-state index contributed by atoms with van der Waals surface area (Å²) in [5.74, 6) is 0.289. The van der Waals surface area contributed by atoms with Crippen LogP contribution in [0.5, 0.6) is 0 Å². The number of nitrogens with zero attached hydrogens (tertiary/aromatic N) is 1. The van der Waals surface area contributed by atoms with Gasteiger partial charge in [-0.15, -0.1) is 0 Å². The van der Waals surface area contributed by atoms with Crippen molar-refractivity contribution >= 4 is 44.0 Å². The lowest BCUT2D eigenvalue weighted by atomic mass is 10.1. The SMILES string of the molecule is CCc1ccc(NC(=O)Cc2ccc(NC3=N[C@H]4CS(=O)(=O)C[C@@H]4S3)cc2)cc1. The molecule has 152 valence electrons. The van der Waals surface area contributed by atoms with Crippen LogP contribution in [-0.4, -0.2) is 42.3 Å². The van der Waals surface area contributed by atoms with Gasteiger partial charge < -0.3 is 10.6 Å². The highest BCUT2D eigenvalue weighted by atomic mass is 32.2. The first-order valence-electron chi connectivity index (χ1n) is 9.60. The largest absolute Gasteiger partial charge is 0.335 e. The Labute approximate surface area is 175 Å². The number of amides is 1. The van der Waals surface area contributed by atoms with Crippen LogP contribution in [0.1, 0.15) is 18.1 Å². The Morgan fingerprint density at radius 3 is 2.34 bits per heavy atom. The third kappa shape index (κ3) is 5.00. The van der Waals surface area contributed by atoms with E-state index >= 15 is 0 Å². The molecule has 0 unspecified atom stereocenters. The summed E-state index contributed by atoms with van der Waals surface area (Å²) in [6.45, 7) is 2.10. The fourth-order valence-electron chi connectivity index (χ4n) is 3.46. The van der Waals surface area contributed by atoms with Crippen LogP contribution < -0.4 is 10.6 Å². The maximum absolute atomic E-state index is 12.3. The molecule has 4 rings (SSSR count). The predicted octanol–water partition coefficient (Wildman–Crippen LogP) is 3.11. The number of amidine groups is 1. The molecule has 1 amide bonds. The number of benzene rings is 2. The van der Waals surface area contributed by atoms with Gasteiger partial charge in [0.25, 0.3) is 0 Å². The average Bonchev–Trinajstić information content (AvgIpc) is 3.16. The van der Waals surface area contributed by atoms with Crippen LogP contribution >= 0.6 is 11.8 Å². The lowest BCUT2D eigenvalue weighted by Crippen LogP contribution is -2.14. The Morgan fingerprint density at radius 1 is 1.03 bits per heavy atom. The lowest BCUT2D eigenvalue weighted by molar-refractivity contribution is -0.115. The molecule has 1 fully saturated rings. The number of anilines is 2. The molecule has 8 heteroatoms. The summed E-state index contributed by atoms with van der Waals surface area (Å²) in [5, 5.41) is 6.95. The second-order valence-electron chi connectivity index (χ2n) is 7.33. The third-order valence-electron chi connectivity index (χ3n) is 5.03. The van der Waals surface area contributed by atoms with Gasteiger partial charge in [-0.2, -0.15) is 0 Å². The Balaban J connectivity index is 1.30. The number of hydrogen-bond donors (Lipinski definition) is 2. The monoisotopic (exact) mass is 429 g/mol. The Morgan fingerprint density at radius 2 is 1.69 bits per heavy atom. The minimum atomic E-state index is -2.94. The second-order valence-corrected chi connectivity index (χ2v) is 10.7. The molecule has 0 aliphatic carbocycles. The summed E-state index contributed by atoms with van der Waals surface area (Å²) in [7, 11) is -2.94. The molecule has 2 aliphatic heterocycles. The molecule has 0 radical (unpaired) electrons. The molecule has 2 aromatic rings. The number of rotatable bonds is 5. The number of aryl methyl sites for hydroxylation is 1. The maximum atomic E-state index is 12.3. The quantitative estimate of drug-likeness (QED) is 0.763. The number of carbonyl (C=O) groups excluding carboxylic acids is 1. The summed E-state index contributed by atoms with van der Waals surface area (Å²) in [5.41, 5.74) is 3.83. The van der Waals surface area contributed by atoms with Crippen molar-refractivity contribution < 1.29 is 13.2 Å². The standard InChI is InChI=1S/C21H23N3O3S2/c1-2-14-3-7-16(8-4-14)22-20(25)11-15-5-9-17(10-6-15)23-21-24-18-12-29(26,27)13-19(18)28-21/h3-10,18-19H,2,11-13H2,1H3,(H,22,25)(H,23,24)/t18-,19-/m0/s1. The van der Waals surface area contributed by atoms with Crippen LogP contribution in [0.2, 0.25) is 0 Å². The fraction of sp³-hybridized carbons (Fsp3) is 0.333. The zero-order valence-electron chi connectivity index (χ0n) is 16.1. The maximum Gasteiger partial charge on any atom is 0.228 e. The zero-order valence-corrected chi connectivity index (χ0v) is 17.7. The van der Waals surface area contributed by atoms with Crippen molar-refractivity contribution in [3.05, 3.63) is 59.7 Å². The van der Waals surface area contributed by atoms with Crippen molar-refractivity contribution in [3.63, 3.8) is 0 Å². The number of nitrogens with one attached hydrogen (secondary N) is 2. The smallest absolute Gasteiger partial charge is 0.228 e. The topological polar surface area (TPSA) is 87.6 Å². The third-order valence-corrected chi connectivity index (χ3v) is 8.18. The molecule has 0 spiro atoms. The van der Waals surface area contributed by atoms with Gasteiger partial charge in [-0.05, 0) is 41.8 Å². The van der Waals surface area contributed by atoms with Gasteiger partial charge in [0.05, 0.1) is 24.0 Å². The van der Waals surface area contributed by atoms with Crippen LogP contribution in [0.25, 0.3) is 0 Å². The van der Waals surface area contributed by atoms with Crippen molar-refractivity contribution in [3.8, 4) is 0 Å². The van der Waals surface area contributed by atoms with E-state index in [1.165, 1.54) is 17.3 Å². The lowest BCUT2D eigenvalue weighted by Gasteiger charge is -2.09. The zero-order chi connectivity index (χ0) is 20.4. The van der Waals surface area contributed by atoms with Gasteiger partial charge in [0, 0.05) is 16.6 Å². The molecule has 2 aliphatic rings. The van der Waals surface area contributed by atoms with Crippen molar-refractivity contribution in [2.75, 3.05) is 22.1 Å². The molecule has 2 N–H and O–H groups in total. The number of sulfone groups is 1. The first kappa shape index (κ1) is 20.0. The summed E-state index contributed by atoms with van der Waals surface area (Å²) in [6, 6.07) is 15.4. The molecular weight excluding hydrogens is 406 g/mol. The predicted molar refractivity (Wildman–Crippen MR) is 119 cm³/mol. The summed E-state index contributed by atoms with van der Waals surface area (Å²) < 4.78 is 23.3. The summed E-state index contributed by atoms with van der Waals surface area (Å²) >= 11 is 1.49. The summed E-state index contributed by atoms with van der Waals surface area (Å²) in [6.07, 6.45) is 1.27. The van der Waals surface area contributed by atoms with Crippen LogP contribution in [-0.2, 0) is 27.5 Å². The second kappa shape index (κ2) is 8.20. The van der Waals surface area contributed by atoms with Crippen molar-refractivity contribution in [1.82, 2.24) is 0 Å². The molecule has 6 nitrogen and oxygen atoms in total. The first-order chi connectivity index (χ1) is 13.9. The number of aliphatic imine (C=N–C) groups is 1. The van der Waals surface area contributed by atoms with E-state index in [1.807, 2.05) is 48.5 Å². The molecular formula is C21H23N3O3S2. The average molecular weight is 430 g/mol. The van der Waals surface area contributed by atoms with Crippen LogP contribution in [0.4, 0.5) is 11.4 Å². The molecule has 1 saturated heterocycles. The van der Waals surface area contributed by atoms with E-state index in [9.17, 15) is 13.2 Å². The van der Waals surface area contributed by atoms with Gasteiger partial charge in [0.1, 0.15) is 0 Å². The molecule has 0 aromatic heterocycles. The van der Waals surface area contributed by atoms with E-state index in [-0.39, 0.29) is 28.7 Å². The van der Waals surface area contributed by atoms with Gasteiger partial charge in [0.2, 0.25) is 5.91 Å². The normalized spacial score (nSPS) is 22.0. The van der Waals surface area contributed by atoms with Crippen molar-refractivity contribution in [1.29, 1.82) is 0 Å². The van der Waals surface area contributed by atoms with E-state index < -0.39 is 9.84 Å². The molecule has 29 heavy (non-hydrogen) atoms. The minimum absolute atomic E-state index is 0.0249.